The molecule has 4 nitrogen and oxygen atoms in total. The van der Waals surface area contributed by atoms with Crippen LogP contribution in [-0.4, -0.2) is 40.4 Å². The fourth-order valence-corrected chi connectivity index (χ4v) is 2.96. The fraction of sp³-hybridized carbons (Fsp3) is 0.800. The molecule has 1 unspecified atom stereocenters. The quantitative estimate of drug-likeness (QED) is 0.853. The van der Waals surface area contributed by atoms with Crippen LogP contribution in [0.15, 0.2) is 12.4 Å². The topological polar surface area (TPSA) is 33.1 Å². The molecule has 0 radical (unpaired) electrons. The monoisotopic (exact) mass is 264 g/mol. The maximum absolute atomic E-state index is 4.24. The number of likely N-dealkylation sites (tertiary alicyclic amines) is 1. The Balaban J connectivity index is 1.73. The Kier molecular flexibility index (Phi) is 5.40. The lowest BCUT2D eigenvalue weighted by atomic mass is 9.90. The Morgan fingerprint density at radius 1 is 1.42 bits per heavy atom. The lowest BCUT2D eigenvalue weighted by Gasteiger charge is -2.35. The van der Waals surface area contributed by atoms with E-state index in [1.807, 2.05) is 17.9 Å². The van der Waals surface area contributed by atoms with Crippen LogP contribution in [0, 0.1) is 5.92 Å². The molecular weight excluding hydrogens is 236 g/mol. The van der Waals surface area contributed by atoms with Crippen LogP contribution in [0.4, 0.5) is 0 Å². The van der Waals surface area contributed by atoms with Gasteiger partial charge in [0.05, 0.1) is 6.20 Å². The Morgan fingerprint density at radius 3 is 2.74 bits per heavy atom. The molecule has 19 heavy (non-hydrogen) atoms. The van der Waals surface area contributed by atoms with Gasteiger partial charge in [-0.3, -0.25) is 9.58 Å². The number of hydrogen-bond donors (Lipinski definition) is 1. The predicted octanol–water partition coefficient (Wildman–Crippen LogP) is 2.02. The normalized spacial score (nSPS) is 19.7. The van der Waals surface area contributed by atoms with Gasteiger partial charge in [0.25, 0.3) is 0 Å². The average Bonchev–Trinajstić information content (AvgIpc) is 2.82. The molecule has 1 atom stereocenters. The number of aromatic nitrogens is 2. The lowest BCUT2D eigenvalue weighted by molar-refractivity contribution is 0.156. The Morgan fingerprint density at radius 2 is 2.16 bits per heavy atom. The van der Waals surface area contributed by atoms with Crippen molar-refractivity contribution in [3.8, 4) is 0 Å². The van der Waals surface area contributed by atoms with E-state index in [9.17, 15) is 0 Å². The Labute approximate surface area is 117 Å². The van der Waals surface area contributed by atoms with Crippen LogP contribution in [0.25, 0.3) is 0 Å². The van der Waals surface area contributed by atoms with Crippen molar-refractivity contribution in [2.24, 2.45) is 13.0 Å². The third-order valence-electron chi connectivity index (χ3n) is 4.22. The van der Waals surface area contributed by atoms with Crippen molar-refractivity contribution in [2.45, 2.75) is 45.7 Å². The summed E-state index contributed by atoms with van der Waals surface area (Å²) in [6.45, 7) is 9.22. The second kappa shape index (κ2) is 7.06. The van der Waals surface area contributed by atoms with Gasteiger partial charge >= 0.3 is 0 Å². The van der Waals surface area contributed by atoms with E-state index in [1.54, 1.807) is 0 Å². The molecule has 1 aromatic rings. The van der Waals surface area contributed by atoms with Crippen LogP contribution in [0.5, 0.6) is 0 Å². The van der Waals surface area contributed by atoms with E-state index >= 15 is 0 Å². The Hall–Kier alpha value is -0.870. The molecule has 0 spiro atoms. The zero-order valence-corrected chi connectivity index (χ0v) is 12.6. The molecule has 1 aromatic heterocycles. The molecule has 1 fully saturated rings. The van der Waals surface area contributed by atoms with Crippen LogP contribution in [0.3, 0.4) is 0 Å². The first-order valence-electron chi connectivity index (χ1n) is 7.62. The minimum Gasteiger partial charge on any atom is -0.314 e. The third-order valence-corrected chi connectivity index (χ3v) is 4.22. The highest BCUT2D eigenvalue weighted by Crippen LogP contribution is 2.21. The van der Waals surface area contributed by atoms with E-state index in [2.05, 4.69) is 35.4 Å². The molecule has 108 valence electrons. The molecule has 4 heteroatoms. The van der Waals surface area contributed by atoms with Gasteiger partial charge in [-0.15, -0.1) is 0 Å². The summed E-state index contributed by atoms with van der Waals surface area (Å²) in [6, 6.07) is 0.667. The first-order chi connectivity index (χ1) is 9.19. The summed E-state index contributed by atoms with van der Waals surface area (Å²) >= 11 is 0. The molecule has 2 rings (SSSR count). The second-order valence-electron chi connectivity index (χ2n) is 5.88. The number of rotatable bonds is 6. The van der Waals surface area contributed by atoms with Gasteiger partial charge in [0.15, 0.2) is 0 Å². The van der Waals surface area contributed by atoms with Crippen LogP contribution in [0.2, 0.25) is 0 Å². The number of hydrogen-bond acceptors (Lipinski definition) is 3. The van der Waals surface area contributed by atoms with Crippen LogP contribution in [-0.2, 0) is 13.6 Å². The van der Waals surface area contributed by atoms with E-state index in [0.717, 1.165) is 19.0 Å². The molecule has 1 N–H and O–H groups in total. The number of aryl methyl sites for hydroxylation is 1. The van der Waals surface area contributed by atoms with E-state index < -0.39 is 0 Å². The highest BCUT2D eigenvalue weighted by Gasteiger charge is 2.23. The van der Waals surface area contributed by atoms with Crippen LogP contribution < -0.4 is 5.32 Å². The highest BCUT2D eigenvalue weighted by atomic mass is 15.2. The average molecular weight is 264 g/mol. The predicted molar refractivity (Wildman–Crippen MR) is 79.0 cm³/mol. The first-order valence-corrected chi connectivity index (χ1v) is 7.62. The van der Waals surface area contributed by atoms with Crippen molar-refractivity contribution >= 4 is 0 Å². The van der Waals surface area contributed by atoms with Crippen molar-refractivity contribution < 1.29 is 0 Å². The van der Waals surface area contributed by atoms with Crippen molar-refractivity contribution in [2.75, 3.05) is 19.6 Å². The number of piperidine rings is 1. The molecule has 1 aliphatic heterocycles. The van der Waals surface area contributed by atoms with E-state index in [1.165, 1.54) is 37.9 Å². The largest absolute Gasteiger partial charge is 0.314 e. The van der Waals surface area contributed by atoms with E-state index in [4.69, 9.17) is 0 Å². The van der Waals surface area contributed by atoms with Crippen LogP contribution in [0.1, 0.15) is 38.7 Å². The summed E-state index contributed by atoms with van der Waals surface area (Å²) in [5, 5.41) is 7.88. The SMILES string of the molecule is CCCNC(C)C1CCN(Cc2cnn(C)c2)CC1. The van der Waals surface area contributed by atoms with Gasteiger partial charge in [-0.2, -0.15) is 5.10 Å². The molecule has 0 aliphatic carbocycles. The summed E-state index contributed by atoms with van der Waals surface area (Å²) in [5.41, 5.74) is 1.33. The number of nitrogens with one attached hydrogen (secondary N) is 1. The van der Waals surface area contributed by atoms with Crippen molar-refractivity contribution in [3.63, 3.8) is 0 Å². The molecular formula is C15H28N4. The zero-order valence-electron chi connectivity index (χ0n) is 12.6. The summed E-state index contributed by atoms with van der Waals surface area (Å²) in [6.07, 6.45) is 7.97. The molecule has 0 aromatic carbocycles. The minimum absolute atomic E-state index is 0.667. The molecule has 2 heterocycles. The third kappa shape index (κ3) is 4.32. The van der Waals surface area contributed by atoms with Gasteiger partial charge in [0, 0.05) is 31.4 Å². The fourth-order valence-electron chi connectivity index (χ4n) is 2.96. The van der Waals surface area contributed by atoms with Crippen molar-refractivity contribution in [3.05, 3.63) is 18.0 Å². The summed E-state index contributed by atoms with van der Waals surface area (Å²) in [4.78, 5) is 2.56. The molecule has 0 bridgehead atoms. The molecule has 1 saturated heterocycles. The highest BCUT2D eigenvalue weighted by molar-refractivity contribution is 5.03. The summed E-state index contributed by atoms with van der Waals surface area (Å²) in [7, 11) is 1.98. The lowest BCUT2D eigenvalue weighted by Crippen LogP contribution is -2.41. The van der Waals surface area contributed by atoms with Gasteiger partial charge < -0.3 is 5.32 Å². The number of nitrogens with zero attached hydrogens (tertiary/aromatic N) is 3. The van der Waals surface area contributed by atoms with Crippen LogP contribution >= 0.6 is 0 Å². The zero-order chi connectivity index (χ0) is 13.7. The molecule has 0 saturated carbocycles. The van der Waals surface area contributed by atoms with Gasteiger partial charge in [-0.25, -0.2) is 0 Å². The van der Waals surface area contributed by atoms with Crippen molar-refractivity contribution in [1.82, 2.24) is 20.0 Å². The maximum atomic E-state index is 4.24. The maximum Gasteiger partial charge on any atom is 0.0534 e. The van der Waals surface area contributed by atoms with Gasteiger partial charge in [-0.05, 0) is 51.7 Å². The standard InChI is InChI=1S/C15H28N4/c1-4-7-16-13(2)15-5-8-19(9-6-15)12-14-10-17-18(3)11-14/h10-11,13,15-16H,4-9,12H2,1-3H3. The molecule has 0 amide bonds. The smallest absolute Gasteiger partial charge is 0.0534 e. The second-order valence-corrected chi connectivity index (χ2v) is 5.88. The van der Waals surface area contributed by atoms with Gasteiger partial charge in [0.2, 0.25) is 0 Å². The molecule has 1 aliphatic rings. The van der Waals surface area contributed by atoms with Gasteiger partial charge in [0.1, 0.15) is 0 Å². The summed E-state index contributed by atoms with van der Waals surface area (Å²) < 4.78 is 1.89. The first kappa shape index (κ1) is 14.5. The van der Waals surface area contributed by atoms with Gasteiger partial charge in [-0.1, -0.05) is 6.92 Å². The summed E-state index contributed by atoms with van der Waals surface area (Å²) in [5.74, 6) is 0.844. The van der Waals surface area contributed by atoms with E-state index in [-0.39, 0.29) is 0 Å². The minimum atomic E-state index is 0.667. The Bertz CT molecular complexity index is 366. The van der Waals surface area contributed by atoms with E-state index in [0.29, 0.717) is 6.04 Å². The van der Waals surface area contributed by atoms with Crippen molar-refractivity contribution in [1.29, 1.82) is 0 Å².